The summed E-state index contributed by atoms with van der Waals surface area (Å²) < 4.78 is 5.92. The first kappa shape index (κ1) is 17.9. The average molecular weight is 409 g/mol. The van der Waals surface area contributed by atoms with Crippen LogP contribution in [0.15, 0.2) is 46.9 Å². The molecule has 2 aromatic carbocycles. The van der Waals surface area contributed by atoms with Crippen molar-refractivity contribution in [2.24, 2.45) is 0 Å². The molecule has 1 amide bonds. The van der Waals surface area contributed by atoms with Crippen molar-refractivity contribution in [1.29, 1.82) is 0 Å². The highest BCUT2D eigenvalue weighted by molar-refractivity contribution is 9.10. The molecule has 3 N–H and O–H groups in total. The molecule has 0 spiro atoms. The molecule has 0 bridgehead atoms. The maximum absolute atomic E-state index is 12.1. The highest BCUT2D eigenvalue weighted by Gasteiger charge is 2.12. The summed E-state index contributed by atoms with van der Waals surface area (Å²) >= 11 is 8.39. The van der Waals surface area contributed by atoms with E-state index in [0.717, 1.165) is 4.47 Å². The normalized spacial score (nSPS) is 9.92. The van der Waals surface area contributed by atoms with Crippen molar-refractivity contribution in [3.8, 4) is 5.75 Å². The molecule has 0 atom stereocenters. The molecule has 0 unspecified atom stereocenters. The fourth-order valence-electron chi connectivity index (χ4n) is 1.90. The molecule has 0 saturated heterocycles. The van der Waals surface area contributed by atoms with Gasteiger partial charge < -0.3 is 15.2 Å². The number of nitrogens with one attached hydrogen (secondary N) is 2. The van der Waals surface area contributed by atoms with Crippen LogP contribution in [0.3, 0.4) is 0 Å². The van der Waals surface area contributed by atoms with Crippen molar-refractivity contribution in [2.45, 2.75) is 0 Å². The van der Waals surface area contributed by atoms with Crippen LogP contribution in [0, 0.1) is 0 Å². The molecule has 0 aliphatic carbocycles. The zero-order valence-electron chi connectivity index (χ0n) is 12.5. The lowest BCUT2D eigenvalue weighted by molar-refractivity contribution is 0.0696. The lowest BCUT2D eigenvalue weighted by Crippen LogP contribution is -2.34. The van der Waals surface area contributed by atoms with Crippen molar-refractivity contribution in [3.63, 3.8) is 0 Å². The van der Waals surface area contributed by atoms with Gasteiger partial charge in [0.25, 0.3) is 5.91 Å². The highest BCUT2D eigenvalue weighted by Crippen LogP contribution is 2.25. The zero-order valence-corrected chi connectivity index (χ0v) is 14.9. The molecule has 0 aliphatic heterocycles. The Bertz CT molecular complexity index is 810. The van der Waals surface area contributed by atoms with E-state index in [1.54, 1.807) is 24.3 Å². The summed E-state index contributed by atoms with van der Waals surface area (Å²) in [7, 11) is 1.45. The van der Waals surface area contributed by atoms with Crippen molar-refractivity contribution in [3.05, 3.63) is 58.1 Å². The van der Waals surface area contributed by atoms with Gasteiger partial charge >= 0.3 is 5.97 Å². The maximum atomic E-state index is 12.1. The minimum atomic E-state index is -1.08. The van der Waals surface area contributed by atoms with Crippen LogP contribution in [0.4, 0.5) is 5.69 Å². The number of methoxy groups -OCH3 is 1. The van der Waals surface area contributed by atoms with Gasteiger partial charge in [0.2, 0.25) is 0 Å². The summed E-state index contributed by atoms with van der Waals surface area (Å²) in [5.41, 5.74) is 0.844. The van der Waals surface area contributed by atoms with E-state index in [0.29, 0.717) is 17.0 Å². The van der Waals surface area contributed by atoms with Gasteiger partial charge in [0.1, 0.15) is 5.75 Å². The Labute approximate surface area is 152 Å². The summed E-state index contributed by atoms with van der Waals surface area (Å²) in [6.45, 7) is 0. The van der Waals surface area contributed by atoms with E-state index in [1.165, 1.54) is 25.3 Å². The third-order valence-corrected chi connectivity index (χ3v) is 3.71. The fourth-order valence-corrected chi connectivity index (χ4v) is 2.50. The van der Waals surface area contributed by atoms with Crippen LogP contribution in [0.25, 0.3) is 0 Å². The SMILES string of the molecule is COc1ccc(C(=O)O)cc1NC(=S)NC(=O)c1cccc(Br)c1. The number of aromatic carboxylic acids is 1. The molecular weight excluding hydrogens is 396 g/mol. The van der Waals surface area contributed by atoms with Gasteiger partial charge in [0, 0.05) is 10.0 Å². The van der Waals surface area contributed by atoms with Gasteiger partial charge in [0.05, 0.1) is 18.4 Å². The molecule has 24 heavy (non-hydrogen) atoms. The summed E-state index contributed by atoms with van der Waals surface area (Å²) in [6.07, 6.45) is 0. The number of carbonyl (C=O) groups excluding carboxylic acids is 1. The first-order valence-electron chi connectivity index (χ1n) is 6.70. The molecule has 0 fully saturated rings. The first-order valence-corrected chi connectivity index (χ1v) is 7.90. The van der Waals surface area contributed by atoms with Gasteiger partial charge in [-0.3, -0.25) is 10.1 Å². The molecule has 2 aromatic rings. The summed E-state index contributed by atoms with van der Waals surface area (Å²) in [5.74, 6) is -1.06. The average Bonchev–Trinajstić information content (AvgIpc) is 2.54. The maximum Gasteiger partial charge on any atom is 0.335 e. The van der Waals surface area contributed by atoms with Gasteiger partial charge in [-0.1, -0.05) is 22.0 Å². The van der Waals surface area contributed by atoms with E-state index in [2.05, 4.69) is 26.6 Å². The second-order valence-electron chi connectivity index (χ2n) is 4.64. The number of benzene rings is 2. The van der Waals surface area contributed by atoms with Crippen molar-refractivity contribution >= 4 is 50.8 Å². The molecule has 0 radical (unpaired) electrons. The molecule has 124 valence electrons. The lowest BCUT2D eigenvalue weighted by Gasteiger charge is -2.13. The predicted octanol–water partition coefficient (Wildman–Crippen LogP) is 3.28. The van der Waals surface area contributed by atoms with E-state index in [9.17, 15) is 9.59 Å². The van der Waals surface area contributed by atoms with E-state index in [1.807, 2.05) is 0 Å². The van der Waals surface area contributed by atoms with Crippen molar-refractivity contribution in [1.82, 2.24) is 5.32 Å². The molecule has 0 aliphatic rings. The van der Waals surface area contributed by atoms with Gasteiger partial charge in [0.15, 0.2) is 5.11 Å². The molecule has 6 nitrogen and oxygen atoms in total. The number of carboxylic acid groups (broad SMARTS) is 1. The van der Waals surface area contributed by atoms with Gasteiger partial charge in [-0.05, 0) is 48.6 Å². The van der Waals surface area contributed by atoms with Crippen LogP contribution in [0.2, 0.25) is 0 Å². The van der Waals surface area contributed by atoms with Gasteiger partial charge in [-0.2, -0.15) is 0 Å². The van der Waals surface area contributed by atoms with Crippen LogP contribution in [0.5, 0.6) is 5.75 Å². The third kappa shape index (κ3) is 4.53. The van der Waals surface area contributed by atoms with Crippen molar-refractivity contribution < 1.29 is 19.4 Å². The number of halogens is 1. The smallest absolute Gasteiger partial charge is 0.335 e. The minimum Gasteiger partial charge on any atom is -0.495 e. The summed E-state index contributed by atoms with van der Waals surface area (Å²) in [5, 5.41) is 14.4. The van der Waals surface area contributed by atoms with Crippen molar-refractivity contribution in [2.75, 3.05) is 12.4 Å². The highest BCUT2D eigenvalue weighted by atomic mass is 79.9. The Morgan fingerprint density at radius 3 is 2.54 bits per heavy atom. The number of amides is 1. The van der Waals surface area contributed by atoms with Crippen LogP contribution in [-0.4, -0.2) is 29.2 Å². The quantitative estimate of drug-likeness (QED) is 0.672. The van der Waals surface area contributed by atoms with E-state index in [-0.39, 0.29) is 16.6 Å². The van der Waals surface area contributed by atoms with Crippen LogP contribution in [0.1, 0.15) is 20.7 Å². The summed E-state index contributed by atoms with van der Waals surface area (Å²) in [4.78, 5) is 23.2. The monoisotopic (exact) mass is 408 g/mol. The van der Waals surface area contributed by atoms with Gasteiger partial charge in [-0.25, -0.2) is 4.79 Å². The number of thiocarbonyl (C=S) groups is 1. The number of hydrogen-bond donors (Lipinski definition) is 3. The van der Waals surface area contributed by atoms with Crippen LogP contribution < -0.4 is 15.4 Å². The Kier molecular flexibility index (Phi) is 5.88. The topological polar surface area (TPSA) is 87.7 Å². The van der Waals surface area contributed by atoms with Crippen LogP contribution in [-0.2, 0) is 0 Å². The van der Waals surface area contributed by atoms with E-state index < -0.39 is 5.97 Å². The molecule has 0 saturated carbocycles. The number of anilines is 1. The molecule has 2 rings (SSSR count). The number of hydrogen-bond acceptors (Lipinski definition) is 4. The second kappa shape index (κ2) is 7.89. The lowest BCUT2D eigenvalue weighted by atomic mass is 10.2. The van der Waals surface area contributed by atoms with Gasteiger partial charge in [-0.15, -0.1) is 0 Å². The number of carbonyl (C=O) groups is 2. The number of carboxylic acids is 1. The Balaban J connectivity index is 2.13. The predicted molar refractivity (Wildman–Crippen MR) is 97.8 cm³/mol. The number of ether oxygens (including phenoxy) is 1. The summed E-state index contributed by atoms with van der Waals surface area (Å²) in [6, 6.07) is 11.1. The zero-order chi connectivity index (χ0) is 17.7. The van der Waals surface area contributed by atoms with E-state index >= 15 is 0 Å². The molecule has 0 heterocycles. The minimum absolute atomic E-state index is 0.0285. The Morgan fingerprint density at radius 1 is 1.17 bits per heavy atom. The third-order valence-electron chi connectivity index (χ3n) is 3.01. The largest absolute Gasteiger partial charge is 0.495 e. The standard InChI is InChI=1S/C16H13BrN2O4S/c1-23-13-6-5-10(15(21)22)8-12(13)18-16(24)19-14(20)9-3-2-4-11(17)7-9/h2-8H,1H3,(H,21,22)(H2,18,19,20,24). The molecule has 8 heteroatoms. The van der Waals surface area contributed by atoms with E-state index in [4.69, 9.17) is 22.1 Å². The fraction of sp³-hybridized carbons (Fsp3) is 0.0625. The number of rotatable bonds is 4. The van der Waals surface area contributed by atoms with Crippen LogP contribution >= 0.6 is 28.1 Å². The Hall–Kier alpha value is -2.45. The first-order chi connectivity index (χ1) is 11.4. The molecule has 0 aromatic heterocycles. The Morgan fingerprint density at radius 2 is 1.92 bits per heavy atom. The second-order valence-corrected chi connectivity index (χ2v) is 5.96. The molecular formula is C16H13BrN2O4S.